The van der Waals surface area contributed by atoms with Gasteiger partial charge in [-0.1, -0.05) is 13.3 Å². The van der Waals surface area contributed by atoms with Gasteiger partial charge in [0.1, 0.15) is 0 Å². The number of nitrogens with zero attached hydrogens (tertiary/aromatic N) is 2. The van der Waals surface area contributed by atoms with Crippen LogP contribution in [0.3, 0.4) is 0 Å². The number of aromatic nitrogens is 1. The summed E-state index contributed by atoms with van der Waals surface area (Å²) in [6.07, 6.45) is 7.71. The summed E-state index contributed by atoms with van der Waals surface area (Å²) < 4.78 is 0. The second-order valence-corrected chi connectivity index (χ2v) is 4.02. The highest BCUT2D eigenvalue weighted by molar-refractivity contribution is 5.25. The molecule has 2 rings (SSSR count). The summed E-state index contributed by atoms with van der Waals surface area (Å²) >= 11 is 0. The molecule has 1 aromatic rings. The lowest BCUT2D eigenvalue weighted by molar-refractivity contribution is 0.250. The largest absolute Gasteiger partial charge is 0.299 e. The number of hydrogen-bond donors (Lipinski definition) is 0. The van der Waals surface area contributed by atoms with E-state index in [1.54, 1.807) is 0 Å². The highest BCUT2D eigenvalue weighted by atomic mass is 15.1. The lowest BCUT2D eigenvalue weighted by atomic mass is 10.0. The molecule has 0 aromatic carbocycles. The Morgan fingerprint density at radius 1 is 1.43 bits per heavy atom. The number of fused-ring (bicyclic) bond motifs is 1. The van der Waals surface area contributed by atoms with E-state index in [1.165, 1.54) is 43.5 Å². The summed E-state index contributed by atoms with van der Waals surface area (Å²) in [4.78, 5) is 6.71. The van der Waals surface area contributed by atoms with Gasteiger partial charge in [0.2, 0.25) is 0 Å². The molecule has 1 aliphatic rings. The van der Waals surface area contributed by atoms with Gasteiger partial charge in [-0.25, -0.2) is 0 Å². The molecule has 2 heteroatoms. The third kappa shape index (κ3) is 2.13. The van der Waals surface area contributed by atoms with Gasteiger partial charge in [-0.3, -0.25) is 9.88 Å². The van der Waals surface area contributed by atoms with E-state index in [2.05, 4.69) is 22.9 Å². The highest BCUT2D eigenvalue weighted by Gasteiger charge is 2.14. The third-order valence-corrected chi connectivity index (χ3v) is 2.92. The Balaban J connectivity index is 1.99. The number of pyridine rings is 1. The van der Waals surface area contributed by atoms with Crippen LogP contribution in [-0.2, 0) is 13.0 Å². The Hall–Kier alpha value is -0.890. The minimum absolute atomic E-state index is 1.12. The molecule has 1 aromatic heterocycles. The van der Waals surface area contributed by atoms with Crippen molar-refractivity contribution in [1.82, 2.24) is 9.88 Å². The van der Waals surface area contributed by atoms with Gasteiger partial charge in [-0.2, -0.15) is 0 Å². The van der Waals surface area contributed by atoms with E-state index in [1.807, 2.05) is 12.4 Å². The molecule has 0 bridgehead atoms. The van der Waals surface area contributed by atoms with Crippen LogP contribution in [0.4, 0.5) is 0 Å². The first-order valence-corrected chi connectivity index (χ1v) is 5.54. The van der Waals surface area contributed by atoms with Crippen LogP contribution in [0.1, 0.15) is 30.9 Å². The first-order chi connectivity index (χ1) is 6.90. The van der Waals surface area contributed by atoms with Crippen LogP contribution in [0.5, 0.6) is 0 Å². The molecule has 2 heterocycles. The van der Waals surface area contributed by atoms with Crippen molar-refractivity contribution < 1.29 is 0 Å². The van der Waals surface area contributed by atoms with Gasteiger partial charge >= 0.3 is 0 Å². The lowest BCUT2D eigenvalue weighted by Gasteiger charge is -2.28. The van der Waals surface area contributed by atoms with Crippen molar-refractivity contribution >= 4 is 0 Å². The van der Waals surface area contributed by atoms with E-state index >= 15 is 0 Å². The molecule has 1 aliphatic heterocycles. The summed E-state index contributed by atoms with van der Waals surface area (Å²) in [5.41, 5.74) is 2.92. The molecule has 0 atom stereocenters. The smallest absolute Gasteiger partial charge is 0.0303 e. The zero-order valence-corrected chi connectivity index (χ0v) is 8.87. The second kappa shape index (κ2) is 4.56. The predicted molar refractivity (Wildman–Crippen MR) is 58.1 cm³/mol. The minimum atomic E-state index is 1.12. The van der Waals surface area contributed by atoms with Crippen LogP contribution in [0.25, 0.3) is 0 Å². The number of rotatable bonds is 3. The lowest BCUT2D eigenvalue weighted by Crippen LogP contribution is -2.31. The molecule has 14 heavy (non-hydrogen) atoms. The summed E-state index contributed by atoms with van der Waals surface area (Å²) in [6, 6.07) is 2.16. The zero-order valence-electron chi connectivity index (χ0n) is 8.87. The van der Waals surface area contributed by atoms with E-state index in [-0.39, 0.29) is 0 Å². The topological polar surface area (TPSA) is 16.1 Å². The van der Waals surface area contributed by atoms with Crippen LogP contribution in [0.15, 0.2) is 18.5 Å². The van der Waals surface area contributed by atoms with Gasteiger partial charge in [-0.05, 0) is 36.6 Å². The van der Waals surface area contributed by atoms with Gasteiger partial charge in [0.15, 0.2) is 0 Å². The number of hydrogen-bond acceptors (Lipinski definition) is 2. The molecule has 0 spiro atoms. The first-order valence-electron chi connectivity index (χ1n) is 5.54. The van der Waals surface area contributed by atoms with Crippen LogP contribution in [-0.4, -0.2) is 23.0 Å². The summed E-state index contributed by atoms with van der Waals surface area (Å²) in [7, 11) is 0. The second-order valence-electron chi connectivity index (χ2n) is 4.02. The van der Waals surface area contributed by atoms with Crippen molar-refractivity contribution in [1.29, 1.82) is 0 Å². The Bertz CT molecular complexity index is 296. The molecule has 0 saturated heterocycles. The van der Waals surface area contributed by atoms with Gasteiger partial charge in [0.25, 0.3) is 0 Å². The molecule has 0 radical (unpaired) electrons. The average molecular weight is 190 g/mol. The maximum atomic E-state index is 4.17. The van der Waals surface area contributed by atoms with Crippen molar-refractivity contribution in [3.8, 4) is 0 Å². The van der Waals surface area contributed by atoms with Crippen molar-refractivity contribution in [2.24, 2.45) is 0 Å². The van der Waals surface area contributed by atoms with Crippen LogP contribution in [0.2, 0.25) is 0 Å². The Kier molecular flexibility index (Phi) is 3.14. The summed E-state index contributed by atoms with van der Waals surface area (Å²) in [5.74, 6) is 0. The molecule has 0 fully saturated rings. The fourth-order valence-corrected chi connectivity index (χ4v) is 2.01. The Labute approximate surface area is 86.0 Å². The minimum Gasteiger partial charge on any atom is -0.299 e. The van der Waals surface area contributed by atoms with Crippen LogP contribution in [0, 0.1) is 0 Å². The highest BCUT2D eigenvalue weighted by Crippen LogP contribution is 2.17. The van der Waals surface area contributed by atoms with Gasteiger partial charge in [-0.15, -0.1) is 0 Å². The number of unbranched alkanes of at least 4 members (excludes halogenated alkanes) is 1. The molecule has 0 saturated carbocycles. The molecule has 0 N–H and O–H groups in total. The third-order valence-electron chi connectivity index (χ3n) is 2.92. The molecule has 0 unspecified atom stereocenters. The van der Waals surface area contributed by atoms with E-state index in [0.29, 0.717) is 0 Å². The quantitative estimate of drug-likeness (QED) is 0.726. The van der Waals surface area contributed by atoms with Crippen molar-refractivity contribution in [3.63, 3.8) is 0 Å². The van der Waals surface area contributed by atoms with E-state index in [4.69, 9.17) is 0 Å². The molecule has 0 aliphatic carbocycles. The van der Waals surface area contributed by atoms with Gasteiger partial charge in [0.05, 0.1) is 0 Å². The van der Waals surface area contributed by atoms with Crippen molar-refractivity contribution in [2.75, 3.05) is 13.1 Å². The van der Waals surface area contributed by atoms with Crippen LogP contribution < -0.4 is 0 Å². The fourth-order valence-electron chi connectivity index (χ4n) is 2.01. The van der Waals surface area contributed by atoms with E-state index in [0.717, 1.165) is 6.54 Å². The van der Waals surface area contributed by atoms with E-state index in [9.17, 15) is 0 Å². The van der Waals surface area contributed by atoms with Gasteiger partial charge < -0.3 is 0 Å². The normalized spacial score (nSPS) is 16.6. The summed E-state index contributed by atoms with van der Waals surface area (Å²) in [5, 5.41) is 0. The first kappa shape index (κ1) is 9.66. The van der Waals surface area contributed by atoms with Gasteiger partial charge in [0, 0.05) is 25.5 Å². The Morgan fingerprint density at radius 2 is 2.36 bits per heavy atom. The van der Waals surface area contributed by atoms with Crippen molar-refractivity contribution in [2.45, 2.75) is 32.7 Å². The van der Waals surface area contributed by atoms with E-state index < -0.39 is 0 Å². The molecule has 2 nitrogen and oxygen atoms in total. The molecule has 76 valence electrons. The molecule has 0 amide bonds. The predicted octanol–water partition coefficient (Wildman–Crippen LogP) is 2.24. The Morgan fingerprint density at radius 3 is 3.21 bits per heavy atom. The SMILES string of the molecule is CCCCN1CCc2cnccc2C1. The fraction of sp³-hybridized carbons (Fsp3) is 0.583. The van der Waals surface area contributed by atoms with Crippen molar-refractivity contribution in [3.05, 3.63) is 29.6 Å². The molecular weight excluding hydrogens is 172 g/mol. The maximum absolute atomic E-state index is 4.17. The summed E-state index contributed by atoms with van der Waals surface area (Å²) in [6.45, 7) is 5.83. The average Bonchev–Trinajstić information content (AvgIpc) is 2.26. The standard InChI is InChI=1S/C12H18N2/c1-2-3-7-14-8-5-11-9-13-6-4-12(11)10-14/h4,6,9H,2-3,5,7-8,10H2,1H3. The maximum Gasteiger partial charge on any atom is 0.0303 e. The van der Waals surface area contributed by atoms with Crippen LogP contribution >= 0.6 is 0 Å². The molecular formula is C12H18N2. The zero-order chi connectivity index (χ0) is 9.80. The monoisotopic (exact) mass is 190 g/mol.